The third kappa shape index (κ3) is 2.97. The summed E-state index contributed by atoms with van der Waals surface area (Å²) in [5.74, 6) is 0. The van der Waals surface area contributed by atoms with E-state index in [9.17, 15) is 0 Å². The normalized spacial score (nSPS) is 10.7. The topological polar surface area (TPSA) is 38.9 Å². The summed E-state index contributed by atoms with van der Waals surface area (Å²) in [5.41, 5.74) is 6.48. The van der Waals surface area contributed by atoms with E-state index in [1.54, 1.807) is 12.3 Å². The number of aromatic nitrogens is 1. The minimum Gasteiger partial charge on any atom is -0.322 e. The van der Waals surface area contributed by atoms with Crippen molar-refractivity contribution in [3.63, 3.8) is 0 Å². The molecule has 0 unspecified atom stereocenters. The standard InChI is InChI=1S/C8H11ClN2.ClH/c1-8(2,10)6-3-4-7(9)11-5-6;/h3-5H,10H2,1-2H3;1H. The van der Waals surface area contributed by atoms with Gasteiger partial charge < -0.3 is 5.73 Å². The van der Waals surface area contributed by atoms with E-state index < -0.39 is 0 Å². The zero-order valence-electron chi connectivity index (χ0n) is 7.04. The Balaban J connectivity index is 0.00000121. The molecule has 0 fully saturated rings. The number of nitrogens with two attached hydrogens (primary N) is 1. The molecule has 0 aliphatic heterocycles. The second-order valence-corrected chi connectivity index (χ2v) is 3.48. The minimum atomic E-state index is -0.336. The van der Waals surface area contributed by atoms with Crippen molar-refractivity contribution in [1.29, 1.82) is 0 Å². The van der Waals surface area contributed by atoms with E-state index in [2.05, 4.69) is 4.98 Å². The lowest BCUT2D eigenvalue weighted by Gasteiger charge is -2.17. The molecule has 0 saturated heterocycles. The fourth-order valence-electron chi connectivity index (χ4n) is 0.757. The van der Waals surface area contributed by atoms with Gasteiger partial charge in [-0.05, 0) is 25.5 Å². The lowest BCUT2D eigenvalue weighted by Crippen LogP contribution is -2.28. The van der Waals surface area contributed by atoms with Crippen LogP contribution in [0, 0.1) is 0 Å². The van der Waals surface area contributed by atoms with Crippen molar-refractivity contribution in [1.82, 2.24) is 4.98 Å². The van der Waals surface area contributed by atoms with Crippen molar-refractivity contribution in [3.8, 4) is 0 Å². The molecule has 1 aromatic heterocycles. The number of nitrogens with zero attached hydrogens (tertiary/aromatic N) is 1. The van der Waals surface area contributed by atoms with Gasteiger partial charge in [-0.1, -0.05) is 17.7 Å². The fraction of sp³-hybridized carbons (Fsp3) is 0.375. The smallest absolute Gasteiger partial charge is 0.129 e. The third-order valence-corrected chi connectivity index (χ3v) is 1.69. The summed E-state index contributed by atoms with van der Waals surface area (Å²) in [6, 6.07) is 3.63. The second-order valence-electron chi connectivity index (χ2n) is 3.09. The molecule has 4 heteroatoms. The maximum Gasteiger partial charge on any atom is 0.129 e. The first-order chi connectivity index (χ1) is 5.00. The Kier molecular flexibility index (Phi) is 3.97. The summed E-state index contributed by atoms with van der Waals surface area (Å²) in [6.45, 7) is 3.86. The molecule has 1 heterocycles. The molecule has 0 spiro atoms. The van der Waals surface area contributed by atoms with Crippen LogP contribution in [0.1, 0.15) is 19.4 Å². The van der Waals surface area contributed by atoms with E-state index in [1.165, 1.54) is 0 Å². The first kappa shape index (κ1) is 11.7. The molecule has 0 radical (unpaired) electrons. The summed E-state index contributed by atoms with van der Waals surface area (Å²) in [5, 5.41) is 0.498. The largest absolute Gasteiger partial charge is 0.322 e. The molecule has 0 saturated carbocycles. The van der Waals surface area contributed by atoms with E-state index in [0.29, 0.717) is 5.15 Å². The van der Waals surface area contributed by atoms with Gasteiger partial charge in [0.25, 0.3) is 0 Å². The Morgan fingerprint density at radius 1 is 1.42 bits per heavy atom. The Morgan fingerprint density at radius 2 is 2.00 bits per heavy atom. The summed E-state index contributed by atoms with van der Waals surface area (Å²) < 4.78 is 0. The Hall–Kier alpha value is -0.310. The van der Waals surface area contributed by atoms with Gasteiger partial charge in [0.2, 0.25) is 0 Å². The molecule has 1 aromatic rings. The average Bonchev–Trinajstić information content (AvgIpc) is 1.86. The van der Waals surface area contributed by atoms with Gasteiger partial charge in [0.15, 0.2) is 0 Å². The highest BCUT2D eigenvalue weighted by Crippen LogP contribution is 2.16. The Labute approximate surface area is 83.5 Å². The van der Waals surface area contributed by atoms with E-state index in [1.807, 2.05) is 19.9 Å². The number of halogens is 2. The molecule has 0 aliphatic rings. The first-order valence-corrected chi connectivity index (χ1v) is 3.79. The van der Waals surface area contributed by atoms with E-state index >= 15 is 0 Å². The van der Waals surface area contributed by atoms with Crippen LogP contribution < -0.4 is 5.73 Å². The maximum atomic E-state index is 5.82. The molecule has 0 aliphatic carbocycles. The third-order valence-electron chi connectivity index (χ3n) is 1.47. The SMILES string of the molecule is CC(C)(N)c1ccc(Cl)nc1.Cl. The molecule has 0 aromatic carbocycles. The Bertz CT molecular complexity index is 238. The predicted molar refractivity (Wildman–Crippen MR) is 53.7 cm³/mol. The van der Waals surface area contributed by atoms with Gasteiger partial charge >= 0.3 is 0 Å². The molecule has 2 nitrogen and oxygen atoms in total. The van der Waals surface area contributed by atoms with Crippen molar-refractivity contribution in [2.75, 3.05) is 0 Å². The summed E-state index contributed by atoms with van der Waals surface area (Å²) >= 11 is 5.61. The number of pyridine rings is 1. The van der Waals surface area contributed by atoms with Crippen molar-refractivity contribution >= 4 is 24.0 Å². The summed E-state index contributed by atoms with van der Waals surface area (Å²) in [7, 11) is 0. The van der Waals surface area contributed by atoms with Crippen LogP contribution in [-0.2, 0) is 5.54 Å². The van der Waals surface area contributed by atoms with E-state index in [0.717, 1.165) is 5.56 Å². The van der Waals surface area contributed by atoms with Gasteiger partial charge in [0, 0.05) is 11.7 Å². The fourth-order valence-corrected chi connectivity index (χ4v) is 0.869. The van der Waals surface area contributed by atoms with Crippen LogP contribution in [0.2, 0.25) is 5.15 Å². The highest BCUT2D eigenvalue weighted by molar-refractivity contribution is 6.29. The average molecular weight is 207 g/mol. The Morgan fingerprint density at radius 3 is 2.33 bits per heavy atom. The van der Waals surface area contributed by atoms with E-state index in [-0.39, 0.29) is 17.9 Å². The van der Waals surface area contributed by atoms with Gasteiger partial charge in [-0.2, -0.15) is 0 Å². The molecule has 12 heavy (non-hydrogen) atoms. The highest BCUT2D eigenvalue weighted by atomic mass is 35.5. The zero-order valence-corrected chi connectivity index (χ0v) is 8.62. The van der Waals surface area contributed by atoms with Gasteiger partial charge in [-0.15, -0.1) is 12.4 Å². The van der Waals surface area contributed by atoms with Gasteiger partial charge in [-0.3, -0.25) is 0 Å². The molecule has 0 atom stereocenters. The maximum absolute atomic E-state index is 5.82. The number of hydrogen-bond donors (Lipinski definition) is 1. The molecule has 0 bridgehead atoms. The monoisotopic (exact) mass is 206 g/mol. The minimum absolute atomic E-state index is 0. The molecule has 0 amide bonds. The van der Waals surface area contributed by atoms with Gasteiger partial charge in [-0.25, -0.2) is 4.98 Å². The lowest BCUT2D eigenvalue weighted by atomic mass is 9.98. The van der Waals surface area contributed by atoms with E-state index in [4.69, 9.17) is 17.3 Å². The van der Waals surface area contributed by atoms with Crippen LogP contribution in [0.15, 0.2) is 18.3 Å². The van der Waals surface area contributed by atoms with Gasteiger partial charge in [0.05, 0.1) is 0 Å². The quantitative estimate of drug-likeness (QED) is 0.718. The first-order valence-electron chi connectivity index (χ1n) is 3.41. The van der Waals surface area contributed by atoms with Crippen LogP contribution in [0.25, 0.3) is 0 Å². The number of hydrogen-bond acceptors (Lipinski definition) is 2. The lowest BCUT2D eigenvalue weighted by molar-refractivity contribution is 0.552. The zero-order chi connectivity index (χ0) is 8.48. The van der Waals surface area contributed by atoms with Gasteiger partial charge in [0.1, 0.15) is 5.15 Å². The number of rotatable bonds is 1. The van der Waals surface area contributed by atoms with Crippen LogP contribution in [0.3, 0.4) is 0 Å². The predicted octanol–water partition coefficient (Wildman–Crippen LogP) is 2.35. The van der Waals surface area contributed by atoms with Crippen molar-refractivity contribution in [2.24, 2.45) is 5.73 Å². The van der Waals surface area contributed by atoms with Crippen molar-refractivity contribution in [2.45, 2.75) is 19.4 Å². The molecule has 1 rings (SSSR count). The summed E-state index contributed by atoms with van der Waals surface area (Å²) in [4.78, 5) is 3.93. The molecule has 2 N–H and O–H groups in total. The van der Waals surface area contributed by atoms with Crippen LogP contribution in [0.5, 0.6) is 0 Å². The summed E-state index contributed by atoms with van der Waals surface area (Å²) in [6.07, 6.45) is 1.70. The van der Waals surface area contributed by atoms with Crippen molar-refractivity contribution in [3.05, 3.63) is 29.0 Å². The molecular formula is C8H12Cl2N2. The van der Waals surface area contributed by atoms with Crippen molar-refractivity contribution < 1.29 is 0 Å². The van der Waals surface area contributed by atoms with Crippen LogP contribution in [0.4, 0.5) is 0 Å². The van der Waals surface area contributed by atoms with Crippen LogP contribution in [-0.4, -0.2) is 4.98 Å². The molecule has 68 valence electrons. The molecular weight excluding hydrogens is 195 g/mol. The second kappa shape index (κ2) is 4.08. The van der Waals surface area contributed by atoms with Crippen LogP contribution >= 0.6 is 24.0 Å². The highest BCUT2D eigenvalue weighted by Gasteiger charge is 2.13.